The van der Waals surface area contributed by atoms with Crippen LogP contribution in [-0.2, 0) is 26.2 Å². The standard InChI is InChI=1S/C30H35Cl2N3O4S/c1-6-28(30(37)33-20(2)3)34(18-23-13-15-26(31)27(32)17-23)29(36)19-35(24-14-12-21(4)22(5)16-24)40(38,39)25-10-8-7-9-11-25/h7-17,20,28H,6,18-19H2,1-5H3,(H,33,37)/t28-/m1/s1. The molecule has 1 N–H and O–H groups in total. The van der Waals surface area contributed by atoms with Crippen molar-refractivity contribution in [2.24, 2.45) is 0 Å². The van der Waals surface area contributed by atoms with E-state index in [1.807, 2.05) is 40.7 Å². The molecular weight excluding hydrogens is 569 g/mol. The molecule has 0 saturated heterocycles. The molecular formula is C30H35Cl2N3O4S. The van der Waals surface area contributed by atoms with Crippen molar-refractivity contribution in [1.82, 2.24) is 10.2 Å². The van der Waals surface area contributed by atoms with Gasteiger partial charge in [0.25, 0.3) is 10.0 Å². The topological polar surface area (TPSA) is 86.8 Å². The number of aryl methyl sites for hydroxylation is 2. The van der Waals surface area contributed by atoms with Crippen LogP contribution < -0.4 is 9.62 Å². The molecule has 2 amide bonds. The molecule has 0 aliphatic rings. The fourth-order valence-electron chi connectivity index (χ4n) is 4.26. The maximum atomic E-state index is 14.1. The molecule has 0 bridgehead atoms. The maximum Gasteiger partial charge on any atom is 0.264 e. The van der Waals surface area contributed by atoms with Gasteiger partial charge in [-0.3, -0.25) is 13.9 Å². The summed E-state index contributed by atoms with van der Waals surface area (Å²) in [6, 6.07) is 17.2. The van der Waals surface area contributed by atoms with Crippen LogP contribution >= 0.6 is 23.2 Å². The summed E-state index contributed by atoms with van der Waals surface area (Å²) in [5, 5.41) is 3.56. The number of carbonyl (C=O) groups excluding carboxylic acids is 2. The fourth-order valence-corrected chi connectivity index (χ4v) is 6.01. The molecule has 0 aliphatic heterocycles. The summed E-state index contributed by atoms with van der Waals surface area (Å²) in [6.07, 6.45) is 0.320. The first kappa shape index (κ1) is 31.5. The molecule has 0 spiro atoms. The Morgan fingerprint density at radius 2 is 1.57 bits per heavy atom. The van der Waals surface area contributed by atoms with Crippen molar-refractivity contribution in [3.8, 4) is 0 Å². The molecule has 3 aromatic rings. The van der Waals surface area contributed by atoms with Crippen molar-refractivity contribution >= 4 is 50.7 Å². The summed E-state index contributed by atoms with van der Waals surface area (Å²) in [4.78, 5) is 28.8. The average molecular weight is 605 g/mol. The minimum absolute atomic E-state index is 0.0336. The van der Waals surface area contributed by atoms with E-state index >= 15 is 0 Å². The lowest BCUT2D eigenvalue weighted by atomic mass is 10.1. The van der Waals surface area contributed by atoms with Crippen LogP contribution in [0.1, 0.15) is 43.9 Å². The summed E-state index contributed by atoms with van der Waals surface area (Å²) in [5.41, 5.74) is 2.88. The third kappa shape index (κ3) is 7.56. The Labute approximate surface area is 247 Å². The van der Waals surface area contributed by atoms with Crippen LogP contribution in [0, 0.1) is 13.8 Å². The zero-order valence-electron chi connectivity index (χ0n) is 23.3. The first-order valence-electron chi connectivity index (χ1n) is 13.0. The average Bonchev–Trinajstić information content (AvgIpc) is 2.90. The van der Waals surface area contributed by atoms with Crippen LogP contribution in [0.15, 0.2) is 71.6 Å². The lowest BCUT2D eigenvalue weighted by Gasteiger charge is -2.33. The van der Waals surface area contributed by atoms with E-state index < -0.39 is 28.5 Å². The van der Waals surface area contributed by atoms with Crippen molar-refractivity contribution in [3.63, 3.8) is 0 Å². The number of carbonyl (C=O) groups is 2. The van der Waals surface area contributed by atoms with Crippen LogP contribution in [0.4, 0.5) is 5.69 Å². The highest BCUT2D eigenvalue weighted by Gasteiger charge is 2.34. The lowest BCUT2D eigenvalue weighted by molar-refractivity contribution is -0.140. The normalized spacial score (nSPS) is 12.2. The summed E-state index contributed by atoms with van der Waals surface area (Å²) < 4.78 is 28.9. The maximum absolute atomic E-state index is 14.1. The van der Waals surface area contributed by atoms with Crippen LogP contribution in [-0.4, -0.2) is 43.8 Å². The summed E-state index contributed by atoms with van der Waals surface area (Å²) in [5.74, 6) is -0.857. The first-order chi connectivity index (χ1) is 18.8. The number of benzene rings is 3. The number of nitrogens with zero attached hydrogens (tertiary/aromatic N) is 2. The minimum atomic E-state index is -4.12. The van der Waals surface area contributed by atoms with Gasteiger partial charge in [-0.25, -0.2) is 8.42 Å². The zero-order valence-corrected chi connectivity index (χ0v) is 25.6. The van der Waals surface area contributed by atoms with Crippen LogP contribution in [0.5, 0.6) is 0 Å². The van der Waals surface area contributed by atoms with E-state index in [0.29, 0.717) is 27.7 Å². The zero-order chi connectivity index (χ0) is 29.6. The van der Waals surface area contributed by atoms with Crippen molar-refractivity contribution in [1.29, 1.82) is 0 Å². The second kappa shape index (κ2) is 13.5. The van der Waals surface area contributed by atoms with Gasteiger partial charge in [-0.1, -0.05) is 60.5 Å². The highest BCUT2D eigenvalue weighted by molar-refractivity contribution is 7.92. The van der Waals surface area contributed by atoms with Gasteiger partial charge in [0.05, 0.1) is 20.6 Å². The monoisotopic (exact) mass is 603 g/mol. The molecule has 0 unspecified atom stereocenters. The highest BCUT2D eigenvalue weighted by Crippen LogP contribution is 2.28. The van der Waals surface area contributed by atoms with E-state index in [0.717, 1.165) is 15.4 Å². The Morgan fingerprint density at radius 3 is 2.15 bits per heavy atom. The molecule has 0 radical (unpaired) electrons. The number of anilines is 1. The Kier molecular flexibility index (Phi) is 10.6. The number of sulfonamides is 1. The third-order valence-electron chi connectivity index (χ3n) is 6.54. The van der Waals surface area contributed by atoms with E-state index in [9.17, 15) is 18.0 Å². The van der Waals surface area contributed by atoms with Gasteiger partial charge < -0.3 is 10.2 Å². The number of hydrogen-bond donors (Lipinski definition) is 1. The predicted octanol–water partition coefficient (Wildman–Crippen LogP) is 6.14. The van der Waals surface area contributed by atoms with Crippen molar-refractivity contribution in [2.75, 3.05) is 10.8 Å². The van der Waals surface area contributed by atoms with E-state index in [2.05, 4.69) is 5.32 Å². The van der Waals surface area contributed by atoms with E-state index in [4.69, 9.17) is 23.2 Å². The van der Waals surface area contributed by atoms with Gasteiger partial charge in [-0.2, -0.15) is 0 Å². The smallest absolute Gasteiger partial charge is 0.264 e. The Bertz CT molecular complexity index is 1460. The molecule has 1 atom stereocenters. The molecule has 0 aromatic heterocycles. The van der Waals surface area contributed by atoms with Gasteiger partial charge in [0.15, 0.2) is 0 Å². The molecule has 0 fully saturated rings. The van der Waals surface area contributed by atoms with Crippen LogP contribution in [0.3, 0.4) is 0 Å². The molecule has 7 nitrogen and oxygen atoms in total. The second-order valence-corrected chi connectivity index (χ2v) is 12.6. The number of rotatable bonds is 11. The summed E-state index contributed by atoms with van der Waals surface area (Å²) in [6.45, 7) is 8.82. The Balaban J connectivity index is 2.09. The SMILES string of the molecule is CC[C@H](C(=O)NC(C)C)N(Cc1ccc(Cl)c(Cl)c1)C(=O)CN(c1ccc(C)c(C)c1)S(=O)(=O)c1ccccc1. The van der Waals surface area contributed by atoms with E-state index in [1.54, 1.807) is 48.5 Å². The fraction of sp³-hybridized carbons (Fsp3) is 0.333. The second-order valence-electron chi connectivity index (χ2n) is 9.95. The number of halogens is 2. The van der Waals surface area contributed by atoms with Crippen molar-refractivity contribution in [3.05, 3.63) is 93.5 Å². The van der Waals surface area contributed by atoms with Gasteiger partial charge >= 0.3 is 0 Å². The van der Waals surface area contributed by atoms with E-state index in [1.165, 1.54) is 17.0 Å². The van der Waals surface area contributed by atoms with Crippen LogP contribution in [0.25, 0.3) is 0 Å². The van der Waals surface area contributed by atoms with Gasteiger partial charge in [-0.05, 0) is 87.2 Å². The number of amides is 2. The first-order valence-corrected chi connectivity index (χ1v) is 15.2. The lowest BCUT2D eigenvalue weighted by Crippen LogP contribution is -2.53. The number of nitrogens with one attached hydrogen (secondary N) is 1. The summed E-state index contributed by atoms with van der Waals surface area (Å²) in [7, 11) is -4.12. The third-order valence-corrected chi connectivity index (χ3v) is 9.07. The van der Waals surface area contributed by atoms with Crippen LogP contribution in [0.2, 0.25) is 10.0 Å². The van der Waals surface area contributed by atoms with Gasteiger partial charge in [-0.15, -0.1) is 0 Å². The number of hydrogen-bond acceptors (Lipinski definition) is 4. The van der Waals surface area contributed by atoms with Crippen molar-refractivity contribution < 1.29 is 18.0 Å². The molecule has 0 saturated carbocycles. The molecule has 0 aliphatic carbocycles. The quantitative estimate of drug-likeness (QED) is 0.285. The van der Waals surface area contributed by atoms with Gasteiger partial charge in [0.1, 0.15) is 12.6 Å². The molecule has 40 heavy (non-hydrogen) atoms. The highest BCUT2D eigenvalue weighted by atomic mass is 35.5. The summed E-state index contributed by atoms with van der Waals surface area (Å²) >= 11 is 12.3. The molecule has 3 aromatic carbocycles. The largest absolute Gasteiger partial charge is 0.352 e. The Hall–Kier alpha value is -3.07. The molecule has 3 rings (SSSR count). The predicted molar refractivity (Wildman–Crippen MR) is 161 cm³/mol. The van der Waals surface area contributed by atoms with Crippen molar-refractivity contribution in [2.45, 2.75) is 64.6 Å². The molecule has 214 valence electrons. The van der Waals surface area contributed by atoms with E-state index in [-0.39, 0.29) is 23.4 Å². The molecule has 0 heterocycles. The van der Waals surface area contributed by atoms with Gasteiger partial charge in [0, 0.05) is 12.6 Å². The van der Waals surface area contributed by atoms with Gasteiger partial charge in [0.2, 0.25) is 11.8 Å². The minimum Gasteiger partial charge on any atom is -0.352 e. The Morgan fingerprint density at radius 1 is 0.900 bits per heavy atom. The molecule has 10 heteroatoms.